The van der Waals surface area contributed by atoms with Crippen LogP contribution < -0.4 is 5.32 Å². The van der Waals surface area contributed by atoms with Gasteiger partial charge in [0, 0.05) is 18.7 Å². The van der Waals surface area contributed by atoms with Crippen molar-refractivity contribution in [2.75, 3.05) is 6.54 Å². The van der Waals surface area contributed by atoms with Crippen LogP contribution in [0.2, 0.25) is 0 Å². The summed E-state index contributed by atoms with van der Waals surface area (Å²) in [5.41, 5.74) is 3.04. The normalized spacial score (nSPS) is 18.4. The zero-order chi connectivity index (χ0) is 13.5. The smallest absolute Gasteiger partial charge is 0.255 e. The lowest BCUT2D eigenvalue weighted by atomic mass is 10.2. The number of carbonyl (C=O) groups is 1. The van der Waals surface area contributed by atoms with Crippen molar-refractivity contribution < 1.29 is 4.79 Å². The lowest BCUT2D eigenvalue weighted by Crippen LogP contribution is -2.24. The zero-order valence-electron chi connectivity index (χ0n) is 11.4. The molecule has 20 heavy (non-hydrogen) atoms. The third kappa shape index (κ3) is 2.28. The molecule has 0 unspecified atom stereocenters. The van der Waals surface area contributed by atoms with Crippen LogP contribution in [0.3, 0.4) is 0 Å². The Bertz CT molecular complexity index is 655. The fraction of sp³-hybridized carbons (Fsp3) is 0.533. The van der Waals surface area contributed by atoms with Crippen LogP contribution in [0.5, 0.6) is 0 Å². The summed E-state index contributed by atoms with van der Waals surface area (Å²) in [5.74, 6) is 1.34. The number of fused-ring (bicyclic) bond motifs is 1. The number of hydrogen-bond donors (Lipinski definition) is 2. The summed E-state index contributed by atoms with van der Waals surface area (Å²) in [6.45, 7) is 0.756. The standard InChI is InChI=1S/C15H18N4O/c20-15(16-6-5-9-1-2-9)11-7-17-14-13(11)19-12(8-18-14)10-3-4-10/h7-10H,1-6H2,(H,16,20)(H,17,18). The van der Waals surface area contributed by atoms with Crippen LogP contribution in [0.4, 0.5) is 0 Å². The Kier molecular flexibility index (Phi) is 2.72. The van der Waals surface area contributed by atoms with E-state index in [9.17, 15) is 4.79 Å². The maximum absolute atomic E-state index is 12.2. The number of rotatable bonds is 5. The maximum Gasteiger partial charge on any atom is 0.255 e. The molecule has 2 saturated carbocycles. The van der Waals surface area contributed by atoms with Crippen LogP contribution in [-0.4, -0.2) is 27.4 Å². The summed E-state index contributed by atoms with van der Waals surface area (Å²) in [5, 5.41) is 2.99. The number of amides is 1. The van der Waals surface area contributed by atoms with E-state index in [4.69, 9.17) is 0 Å². The van der Waals surface area contributed by atoms with Gasteiger partial charge in [0.05, 0.1) is 17.5 Å². The van der Waals surface area contributed by atoms with Gasteiger partial charge in [0.1, 0.15) is 5.52 Å². The van der Waals surface area contributed by atoms with Gasteiger partial charge >= 0.3 is 0 Å². The van der Waals surface area contributed by atoms with Crippen molar-refractivity contribution in [3.8, 4) is 0 Å². The monoisotopic (exact) mass is 270 g/mol. The van der Waals surface area contributed by atoms with E-state index < -0.39 is 0 Å². The van der Waals surface area contributed by atoms with Crippen molar-refractivity contribution in [2.24, 2.45) is 5.92 Å². The molecule has 2 aliphatic rings. The molecule has 5 heteroatoms. The van der Waals surface area contributed by atoms with Crippen LogP contribution in [0.25, 0.3) is 11.2 Å². The minimum absolute atomic E-state index is 0.0425. The van der Waals surface area contributed by atoms with Gasteiger partial charge in [-0.3, -0.25) is 4.79 Å². The van der Waals surface area contributed by atoms with E-state index in [1.807, 2.05) is 6.20 Å². The number of carbonyl (C=O) groups excluding carboxylic acids is 1. The van der Waals surface area contributed by atoms with Crippen molar-refractivity contribution in [2.45, 2.75) is 38.0 Å². The van der Waals surface area contributed by atoms with E-state index in [2.05, 4.69) is 20.3 Å². The van der Waals surface area contributed by atoms with Gasteiger partial charge in [-0.05, 0) is 25.2 Å². The number of hydrogen-bond acceptors (Lipinski definition) is 3. The number of H-pyrrole nitrogens is 1. The average Bonchev–Trinajstić information content (AvgIpc) is 3.36. The lowest BCUT2D eigenvalue weighted by molar-refractivity contribution is 0.0954. The summed E-state index contributed by atoms with van der Waals surface area (Å²) >= 11 is 0. The first-order valence-electron chi connectivity index (χ1n) is 7.43. The zero-order valence-corrected chi connectivity index (χ0v) is 11.4. The second kappa shape index (κ2) is 4.58. The van der Waals surface area contributed by atoms with Gasteiger partial charge in [-0.2, -0.15) is 0 Å². The number of aromatic nitrogens is 3. The SMILES string of the molecule is O=C(NCCC1CC1)c1c[nH]c2ncc(C3CC3)nc12. The van der Waals surface area contributed by atoms with Crippen molar-refractivity contribution in [1.29, 1.82) is 0 Å². The Morgan fingerprint density at radius 1 is 1.35 bits per heavy atom. The van der Waals surface area contributed by atoms with E-state index in [-0.39, 0.29) is 5.91 Å². The molecule has 0 aromatic carbocycles. The molecule has 0 spiro atoms. The Morgan fingerprint density at radius 3 is 2.95 bits per heavy atom. The molecule has 0 bridgehead atoms. The Morgan fingerprint density at radius 2 is 2.20 bits per heavy atom. The fourth-order valence-electron chi connectivity index (χ4n) is 2.55. The molecule has 1 amide bonds. The molecular formula is C15H18N4O. The van der Waals surface area contributed by atoms with Gasteiger partial charge in [-0.1, -0.05) is 12.8 Å². The summed E-state index contributed by atoms with van der Waals surface area (Å²) < 4.78 is 0. The van der Waals surface area contributed by atoms with Crippen molar-refractivity contribution in [1.82, 2.24) is 20.3 Å². The van der Waals surface area contributed by atoms with Gasteiger partial charge in [-0.25, -0.2) is 9.97 Å². The highest BCUT2D eigenvalue weighted by Gasteiger charge is 2.26. The van der Waals surface area contributed by atoms with Crippen LogP contribution >= 0.6 is 0 Å². The van der Waals surface area contributed by atoms with Crippen molar-refractivity contribution >= 4 is 17.1 Å². The number of nitrogens with one attached hydrogen (secondary N) is 2. The Balaban J connectivity index is 1.54. The van der Waals surface area contributed by atoms with Gasteiger partial charge in [0.2, 0.25) is 0 Å². The molecule has 2 aromatic heterocycles. The first-order chi connectivity index (χ1) is 9.81. The van der Waals surface area contributed by atoms with Gasteiger partial charge < -0.3 is 10.3 Å². The molecule has 2 N–H and O–H groups in total. The first kappa shape index (κ1) is 11.9. The molecule has 4 rings (SSSR count). The number of nitrogens with zero attached hydrogens (tertiary/aromatic N) is 2. The molecule has 0 saturated heterocycles. The van der Waals surface area contributed by atoms with Crippen LogP contribution in [-0.2, 0) is 0 Å². The molecule has 2 aliphatic carbocycles. The molecule has 2 heterocycles. The Labute approximate surface area is 117 Å². The van der Waals surface area contributed by atoms with Gasteiger partial charge in [-0.15, -0.1) is 0 Å². The largest absolute Gasteiger partial charge is 0.352 e. The van der Waals surface area contributed by atoms with E-state index in [0.717, 1.165) is 24.6 Å². The third-order valence-corrected chi connectivity index (χ3v) is 4.17. The van der Waals surface area contributed by atoms with Crippen molar-refractivity contribution in [3.05, 3.63) is 23.7 Å². The quantitative estimate of drug-likeness (QED) is 0.876. The molecule has 104 valence electrons. The highest BCUT2D eigenvalue weighted by atomic mass is 16.1. The fourth-order valence-corrected chi connectivity index (χ4v) is 2.55. The van der Waals surface area contributed by atoms with E-state index >= 15 is 0 Å². The van der Waals surface area contributed by atoms with E-state index in [1.165, 1.54) is 25.7 Å². The average molecular weight is 270 g/mol. The summed E-state index contributed by atoms with van der Waals surface area (Å²) in [4.78, 5) is 24.2. The minimum atomic E-state index is -0.0425. The van der Waals surface area contributed by atoms with Crippen LogP contribution in [0.1, 0.15) is 54.1 Å². The second-order valence-electron chi connectivity index (χ2n) is 5.96. The highest BCUT2D eigenvalue weighted by molar-refractivity contribution is 6.04. The summed E-state index contributed by atoms with van der Waals surface area (Å²) in [6.07, 6.45) is 9.64. The maximum atomic E-state index is 12.2. The summed E-state index contributed by atoms with van der Waals surface area (Å²) in [7, 11) is 0. The predicted molar refractivity (Wildman–Crippen MR) is 75.5 cm³/mol. The molecule has 0 aliphatic heterocycles. The third-order valence-electron chi connectivity index (χ3n) is 4.17. The molecule has 5 nitrogen and oxygen atoms in total. The van der Waals surface area contributed by atoms with Gasteiger partial charge in [0.25, 0.3) is 5.91 Å². The van der Waals surface area contributed by atoms with E-state index in [1.54, 1.807) is 6.20 Å². The topological polar surface area (TPSA) is 70.7 Å². The Hall–Kier alpha value is -1.91. The van der Waals surface area contributed by atoms with Crippen LogP contribution in [0, 0.1) is 5.92 Å². The number of aromatic amines is 1. The second-order valence-corrected chi connectivity index (χ2v) is 5.96. The first-order valence-corrected chi connectivity index (χ1v) is 7.43. The molecule has 0 radical (unpaired) electrons. The molecule has 0 atom stereocenters. The van der Waals surface area contributed by atoms with Gasteiger partial charge in [0.15, 0.2) is 5.65 Å². The molecule has 2 aromatic rings. The predicted octanol–water partition coefficient (Wildman–Crippen LogP) is 2.37. The summed E-state index contributed by atoms with van der Waals surface area (Å²) in [6, 6.07) is 0. The lowest BCUT2D eigenvalue weighted by Gasteiger charge is -2.03. The van der Waals surface area contributed by atoms with E-state index in [0.29, 0.717) is 22.6 Å². The molecule has 2 fully saturated rings. The van der Waals surface area contributed by atoms with Crippen molar-refractivity contribution in [3.63, 3.8) is 0 Å². The minimum Gasteiger partial charge on any atom is -0.352 e. The molecular weight excluding hydrogens is 252 g/mol. The van der Waals surface area contributed by atoms with Crippen LogP contribution in [0.15, 0.2) is 12.4 Å². The highest BCUT2D eigenvalue weighted by Crippen LogP contribution is 2.39.